The van der Waals surface area contributed by atoms with E-state index in [1.807, 2.05) is 39.6 Å². The predicted octanol–water partition coefficient (Wildman–Crippen LogP) is 3.88. The van der Waals surface area contributed by atoms with E-state index in [1.165, 1.54) is 32.4 Å². The molecule has 182 valence electrons. The van der Waals surface area contributed by atoms with Gasteiger partial charge in [0, 0.05) is 39.8 Å². The zero-order valence-electron chi connectivity index (χ0n) is 20.7. The van der Waals surface area contributed by atoms with Gasteiger partial charge in [-0.1, -0.05) is 0 Å². The molecular weight excluding hydrogens is 505 g/mol. The van der Waals surface area contributed by atoms with Gasteiger partial charge in [0.1, 0.15) is 5.60 Å². The highest BCUT2D eigenvalue weighted by atomic mass is 127. The van der Waals surface area contributed by atoms with Crippen LogP contribution in [0.1, 0.15) is 59.8 Å². The lowest BCUT2D eigenvalue weighted by molar-refractivity contribution is 0.0214. The van der Waals surface area contributed by atoms with Crippen molar-refractivity contribution in [1.29, 1.82) is 0 Å². The molecule has 2 rings (SSSR count). The molecule has 0 unspecified atom stereocenters. The number of hydrogen-bond donors (Lipinski definition) is 1. The highest BCUT2D eigenvalue weighted by molar-refractivity contribution is 14.0. The zero-order valence-corrected chi connectivity index (χ0v) is 23.0. The molecule has 0 aromatic carbocycles. The first kappa shape index (κ1) is 28.3. The Balaban J connectivity index is 0.00000480. The Morgan fingerprint density at radius 2 is 1.68 bits per heavy atom. The maximum absolute atomic E-state index is 12.4. The molecule has 0 aromatic rings. The SMILES string of the molecule is CCN(CC1CCN(C(=NC)NCCC2CCN(C)CC2)CC1)C(=O)OC(C)(C)C.I. The van der Waals surface area contributed by atoms with Gasteiger partial charge < -0.3 is 24.8 Å². The monoisotopic (exact) mass is 551 g/mol. The van der Waals surface area contributed by atoms with Gasteiger partial charge in [0.2, 0.25) is 0 Å². The van der Waals surface area contributed by atoms with Gasteiger partial charge in [-0.05, 0) is 91.8 Å². The van der Waals surface area contributed by atoms with Crippen molar-refractivity contribution < 1.29 is 9.53 Å². The average Bonchev–Trinajstić information content (AvgIpc) is 2.70. The molecule has 2 aliphatic heterocycles. The van der Waals surface area contributed by atoms with Crippen molar-refractivity contribution in [3.05, 3.63) is 0 Å². The van der Waals surface area contributed by atoms with Crippen LogP contribution in [0, 0.1) is 11.8 Å². The Morgan fingerprint density at radius 3 is 2.19 bits per heavy atom. The third-order valence-electron chi connectivity index (χ3n) is 6.31. The van der Waals surface area contributed by atoms with E-state index in [1.54, 1.807) is 0 Å². The molecular formula is C23H46IN5O2. The van der Waals surface area contributed by atoms with E-state index >= 15 is 0 Å². The summed E-state index contributed by atoms with van der Waals surface area (Å²) in [5, 5.41) is 3.59. The van der Waals surface area contributed by atoms with Crippen molar-refractivity contribution in [2.24, 2.45) is 16.8 Å². The summed E-state index contributed by atoms with van der Waals surface area (Å²) < 4.78 is 5.55. The van der Waals surface area contributed by atoms with Gasteiger partial charge in [-0.2, -0.15) is 0 Å². The minimum absolute atomic E-state index is 0. The van der Waals surface area contributed by atoms with Crippen LogP contribution in [0.25, 0.3) is 0 Å². The van der Waals surface area contributed by atoms with Gasteiger partial charge in [-0.3, -0.25) is 4.99 Å². The Labute approximate surface area is 207 Å². The summed E-state index contributed by atoms with van der Waals surface area (Å²) in [7, 11) is 4.10. The van der Waals surface area contributed by atoms with E-state index in [0.717, 1.165) is 50.9 Å². The maximum Gasteiger partial charge on any atom is 0.410 e. The van der Waals surface area contributed by atoms with Crippen LogP contribution in [0.5, 0.6) is 0 Å². The summed E-state index contributed by atoms with van der Waals surface area (Å²) in [4.78, 5) is 23.6. The number of carbonyl (C=O) groups is 1. The van der Waals surface area contributed by atoms with Gasteiger partial charge >= 0.3 is 6.09 Å². The number of nitrogens with one attached hydrogen (secondary N) is 1. The number of hydrogen-bond acceptors (Lipinski definition) is 4. The normalized spacial score (nSPS) is 19.7. The quantitative estimate of drug-likeness (QED) is 0.309. The highest BCUT2D eigenvalue weighted by Gasteiger charge is 2.27. The molecule has 2 saturated heterocycles. The van der Waals surface area contributed by atoms with E-state index in [0.29, 0.717) is 12.5 Å². The minimum atomic E-state index is -0.445. The molecule has 0 saturated carbocycles. The van der Waals surface area contributed by atoms with Crippen LogP contribution in [0.4, 0.5) is 4.79 Å². The summed E-state index contributed by atoms with van der Waals surface area (Å²) >= 11 is 0. The largest absolute Gasteiger partial charge is 0.444 e. The van der Waals surface area contributed by atoms with E-state index in [9.17, 15) is 4.79 Å². The molecule has 0 aromatic heterocycles. The third kappa shape index (κ3) is 10.1. The van der Waals surface area contributed by atoms with Crippen molar-refractivity contribution in [3.63, 3.8) is 0 Å². The number of aliphatic imine (C=N–C) groups is 1. The van der Waals surface area contributed by atoms with Crippen LogP contribution in [0.15, 0.2) is 4.99 Å². The first-order valence-electron chi connectivity index (χ1n) is 11.8. The van der Waals surface area contributed by atoms with Crippen molar-refractivity contribution in [2.75, 3.05) is 59.9 Å². The van der Waals surface area contributed by atoms with Crippen molar-refractivity contribution in [2.45, 2.75) is 65.4 Å². The van der Waals surface area contributed by atoms with E-state index in [4.69, 9.17) is 4.74 Å². The Bertz CT molecular complexity index is 551. The molecule has 2 heterocycles. The van der Waals surface area contributed by atoms with Crippen LogP contribution >= 0.6 is 24.0 Å². The number of guanidine groups is 1. The standard InChI is InChI=1S/C23H45N5O2.HI/c1-7-27(22(29)30-23(2,3)4)18-20-11-16-28(17-12-20)21(24-5)25-13-8-19-9-14-26(6)15-10-19;/h19-20H,7-18H2,1-6H3,(H,24,25);1H. The number of piperidine rings is 2. The molecule has 8 heteroatoms. The molecule has 2 aliphatic rings. The van der Waals surface area contributed by atoms with Crippen molar-refractivity contribution in [3.8, 4) is 0 Å². The first-order chi connectivity index (χ1) is 14.2. The number of carbonyl (C=O) groups excluding carboxylic acids is 1. The number of likely N-dealkylation sites (tertiary alicyclic amines) is 2. The van der Waals surface area contributed by atoms with E-state index < -0.39 is 5.60 Å². The van der Waals surface area contributed by atoms with Gasteiger partial charge in [0.25, 0.3) is 0 Å². The summed E-state index contributed by atoms with van der Waals surface area (Å²) in [6, 6.07) is 0. The second kappa shape index (κ2) is 13.7. The Kier molecular flexibility index (Phi) is 12.5. The number of halogens is 1. The van der Waals surface area contributed by atoms with Gasteiger partial charge in [-0.15, -0.1) is 24.0 Å². The van der Waals surface area contributed by atoms with Gasteiger partial charge in [-0.25, -0.2) is 4.79 Å². The molecule has 0 spiro atoms. The minimum Gasteiger partial charge on any atom is -0.444 e. The Morgan fingerprint density at radius 1 is 1.10 bits per heavy atom. The molecule has 1 amide bonds. The molecule has 0 atom stereocenters. The summed E-state index contributed by atoms with van der Waals surface area (Å²) in [6.07, 6.45) is 5.81. The fourth-order valence-electron chi connectivity index (χ4n) is 4.37. The topological polar surface area (TPSA) is 60.4 Å². The molecule has 0 radical (unpaired) electrons. The molecule has 1 N–H and O–H groups in total. The summed E-state index contributed by atoms with van der Waals surface area (Å²) in [5.74, 6) is 2.39. The smallest absolute Gasteiger partial charge is 0.410 e. The summed E-state index contributed by atoms with van der Waals surface area (Å²) in [5.41, 5.74) is -0.445. The maximum atomic E-state index is 12.4. The van der Waals surface area contributed by atoms with Crippen LogP contribution < -0.4 is 5.32 Å². The number of amides is 1. The van der Waals surface area contributed by atoms with Crippen LogP contribution in [0.2, 0.25) is 0 Å². The van der Waals surface area contributed by atoms with Crippen molar-refractivity contribution in [1.82, 2.24) is 20.0 Å². The average molecular weight is 552 g/mol. The fourth-order valence-corrected chi connectivity index (χ4v) is 4.37. The zero-order chi connectivity index (χ0) is 22.1. The van der Waals surface area contributed by atoms with Gasteiger partial charge in [0.05, 0.1) is 0 Å². The van der Waals surface area contributed by atoms with Crippen LogP contribution in [-0.2, 0) is 4.74 Å². The number of ether oxygens (including phenoxy) is 1. The first-order valence-corrected chi connectivity index (χ1v) is 11.8. The van der Waals surface area contributed by atoms with E-state index in [-0.39, 0.29) is 30.1 Å². The second-order valence-electron chi connectivity index (χ2n) is 9.96. The molecule has 2 fully saturated rings. The molecule has 0 bridgehead atoms. The number of nitrogens with zero attached hydrogens (tertiary/aromatic N) is 4. The molecule has 0 aliphatic carbocycles. The molecule has 31 heavy (non-hydrogen) atoms. The van der Waals surface area contributed by atoms with Crippen molar-refractivity contribution >= 4 is 36.0 Å². The van der Waals surface area contributed by atoms with E-state index in [2.05, 4.69) is 27.2 Å². The highest BCUT2D eigenvalue weighted by Crippen LogP contribution is 2.21. The lowest BCUT2D eigenvalue weighted by Gasteiger charge is -2.36. The lowest BCUT2D eigenvalue weighted by Crippen LogP contribution is -2.48. The predicted molar refractivity (Wildman–Crippen MR) is 139 cm³/mol. The fraction of sp³-hybridized carbons (Fsp3) is 0.913. The van der Waals surface area contributed by atoms with Gasteiger partial charge in [0.15, 0.2) is 5.96 Å². The number of rotatable bonds is 6. The second-order valence-corrected chi connectivity index (χ2v) is 9.96. The van der Waals surface area contributed by atoms with Crippen LogP contribution in [-0.4, -0.2) is 92.3 Å². The Hall–Kier alpha value is -0.770. The van der Waals surface area contributed by atoms with Crippen LogP contribution in [0.3, 0.4) is 0 Å². The lowest BCUT2D eigenvalue weighted by atomic mass is 9.94. The third-order valence-corrected chi connectivity index (χ3v) is 6.31. The molecule has 7 nitrogen and oxygen atoms in total. The summed E-state index contributed by atoms with van der Waals surface area (Å²) in [6.45, 7) is 14.7.